The first kappa shape index (κ1) is 17.5. The third-order valence-electron chi connectivity index (χ3n) is 3.56. The van der Waals surface area contributed by atoms with Crippen LogP contribution in [0.2, 0.25) is 5.02 Å². The molecule has 0 saturated carbocycles. The lowest BCUT2D eigenvalue weighted by atomic mass is 10.2. The van der Waals surface area contributed by atoms with Crippen molar-refractivity contribution in [3.8, 4) is 11.4 Å². The van der Waals surface area contributed by atoms with Crippen LogP contribution >= 0.6 is 23.4 Å². The fourth-order valence-electron chi connectivity index (χ4n) is 2.40. The number of hydrogen-bond acceptors (Lipinski definition) is 3. The van der Waals surface area contributed by atoms with Crippen molar-refractivity contribution in [2.24, 2.45) is 0 Å². The van der Waals surface area contributed by atoms with Gasteiger partial charge in [0, 0.05) is 17.9 Å². The molecule has 0 aliphatic carbocycles. The third kappa shape index (κ3) is 4.41. The number of hydrogen-bond donors (Lipinski definition) is 0. The number of benzene rings is 2. The summed E-state index contributed by atoms with van der Waals surface area (Å²) in [7, 11) is 0. The molecule has 2 aromatic carbocycles. The molecule has 0 atom stereocenters. The highest BCUT2D eigenvalue weighted by Crippen LogP contribution is 2.29. The SMILES string of the molecule is C=CCn1c(SCC=Cc2ccccc2)nnc1-c1ccccc1Cl. The van der Waals surface area contributed by atoms with Gasteiger partial charge in [0.1, 0.15) is 0 Å². The average molecular weight is 368 g/mol. The minimum atomic E-state index is 0.637. The summed E-state index contributed by atoms with van der Waals surface area (Å²) in [6.07, 6.45) is 6.08. The molecule has 0 amide bonds. The van der Waals surface area contributed by atoms with Crippen LogP contribution in [-0.2, 0) is 6.54 Å². The van der Waals surface area contributed by atoms with Gasteiger partial charge in [-0.1, -0.05) is 84.1 Å². The predicted molar refractivity (Wildman–Crippen MR) is 107 cm³/mol. The maximum Gasteiger partial charge on any atom is 0.192 e. The molecule has 0 fully saturated rings. The van der Waals surface area contributed by atoms with Crippen LogP contribution in [0.5, 0.6) is 0 Å². The van der Waals surface area contributed by atoms with Crippen LogP contribution in [0.3, 0.4) is 0 Å². The quantitative estimate of drug-likeness (QED) is 0.403. The Kier molecular flexibility index (Phi) is 6.09. The number of aromatic nitrogens is 3. The lowest BCUT2D eigenvalue weighted by Gasteiger charge is -2.08. The van der Waals surface area contributed by atoms with Crippen molar-refractivity contribution in [3.63, 3.8) is 0 Å². The summed E-state index contributed by atoms with van der Waals surface area (Å²) in [5, 5.41) is 10.2. The molecular formula is C20H18ClN3S. The average Bonchev–Trinajstić information content (AvgIpc) is 3.03. The minimum absolute atomic E-state index is 0.637. The Labute approximate surface area is 157 Å². The number of allylic oxidation sites excluding steroid dienone is 1. The number of rotatable bonds is 7. The van der Waals surface area contributed by atoms with Crippen molar-refractivity contribution in [2.45, 2.75) is 11.7 Å². The number of halogens is 1. The Morgan fingerprint density at radius 2 is 1.80 bits per heavy atom. The van der Waals surface area contributed by atoms with E-state index in [0.717, 1.165) is 22.3 Å². The summed E-state index contributed by atoms with van der Waals surface area (Å²) in [5.41, 5.74) is 2.07. The molecule has 0 unspecified atom stereocenters. The van der Waals surface area contributed by atoms with E-state index in [1.54, 1.807) is 11.8 Å². The summed E-state index contributed by atoms with van der Waals surface area (Å²) in [4.78, 5) is 0. The first-order chi connectivity index (χ1) is 12.3. The van der Waals surface area contributed by atoms with E-state index in [0.29, 0.717) is 11.6 Å². The molecule has 1 aromatic heterocycles. The zero-order valence-electron chi connectivity index (χ0n) is 13.7. The molecule has 3 nitrogen and oxygen atoms in total. The normalized spacial score (nSPS) is 11.1. The molecule has 25 heavy (non-hydrogen) atoms. The molecule has 0 radical (unpaired) electrons. The van der Waals surface area contributed by atoms with E-state index in [4.69, 9.17) is 11.6 Å². The van der Waals surface area contributed by atoms with E-state index in [-0.39, 0.29) is 0 Å². The molecule has 0 spiro atoms. The highest BCUT2D eigenvalue weighted by molar-refractivity contribution is 7.99. The van der Waals surface area contributed by atoms with E-state index >= 15 is 0 Å². The summed E-state index contributed by atoms with van der Waals surface area (Å²) < 4.78 is 2.04. The van der Waals surface area contributed by atoms with Gasteiger partial charge in [-0.25, -0.2) is 0 Å². The Morgan fingerprint density at radius 3 is 2.56 bits per heavy atom. The molecule has 0 aliphatic heterocycles. The monoisotopic (exact) mass is 367 g/mol. The Morgan fingerprint density at radius 1 is 1.04 bits per heavy atom. The van der Waals surface area contributed by atoms with Crippen molar-refractivity contribution in [1.29, 1.82) is 0 Å². The molecule has 3 aromatic rings. The van der Waals surface area contributed by atoms with Crippen LogP contribution in [0.25, 0.3) is 17.5 Å². The topological polar surface area (TPSA) is 30.7 Å². The standard InChI is InChI=1S/C20H18ClN3S/c1-2-14-24-19(17-12-6-7-13-18(17)21)22-23-20(24)25-15-8-11-16-9-4-3-5-10-16/h2-13H,1,14-15H2. The van der Waals surface area contributed by atoms with Crippen LogP contribution < -0.4 is 0 Å². The zero-order valence-corrected chi connectivity index (χ0v) is 15.2. The molecule has 0 N–H and O–H groups in total. The van der Waals surface area contributed by atoms with E-state index < -0.39 is 0 Å². The zero-order chi connectivity index (χ0) is 17.5. The maximum absolute atomic E-state index is 6.31. The van der Waals surface area contributed by atoms with E-state index in [9.17, 15) is 0 Å². The van der Waals surface area contributed by atoms with E-state index in [2.05, 4.69) is 41.1 Å². The summed E-state index contributed by atoms with van der Waals surface area (Å²) in [6, 6.07) is 17.9. The second kappa shape index (κ2) is 8.70. The van der Waals surface area contributed by atoms with E-state index in [1.807, 2.05) is 53.1 Å². The van der Waals surface area contributed by atoms with Gasteiger partial charge in [0.25, 0.3) is 0 Å². The lowest BCUT2D eigenvalue weighted by Crippen LogP contribution is -2.01. The minimum Gasteiger partial charge on any atom is -0.298 e. The van der Waals surface area contributed by atoms with Gasteiger partial charge in [0.05, 0.1) is 5.02 Å². The summed E-state index contributed by atoms with van der Waals surface area (Å²) >= 11 is 7.95. The molecule has 126 valence electrons. The van der Waals surface area contributed by atoms with Crippen molar-refractivity contribution in [3.05, 3.63) is 83.9 Å². The van der Waals surface area contributed by atoms with Gasteiger partial charge >= 0.3 is 0 Å². The second-order valence-corrected chi connectivity index (χ2v) is 6.70. The van der Waals surface area contributed by atoms with Crippen LogP contribution in [-0.4, -0.2) is 20.5 Å². The number of thioether (sulfide) groups is 1. The highest BCUT2D eigenvalue weighted by Gasteiger charge is 2.15. The molecule has 0 saturated heterocycles. The fourth-order valence-corrected chi connectivity index (χ4v) is 3.38. The van der Waals surface area contributed by atoms with Gasteiger partial charge in [0.2, 0.25) is 0 Å². The number of nitrogens with zero attached hydrogens (tertiary/aromatic N) is 3. The first-order valence-electron chi connectivity index (χ1n) is 7.93. The molecule has 3 rings (SSSR count). The van der Waals surface area contributed by atoms with Crippen molar-refractivity contribution in [2.75, 3.05) is 5.75 Å². The van der Waals surface area contributed by atoms with Gasteiger partial charge in [-0.2, -0.15) is 0 Å². The first-order valence-corrected chi connectivity index (χ1v) is 9.29. The fraction of sp³-hybridized carbons (Fsp3) is 0.100. The van der Waals surface area contributed by atoms with Crippen molar-refractivity contribution in [1.82, 2.24) is 14.8 Å². The Balaban J connectivity index is 1.77. The Hall–Kier alpha value is -2.30. The van der Waals surface area contributed by atoms with Crippen LogP contribution in [0.4, 0.5) is 0 Å². The molecular weight excluding hydrogens is 350 g/mol. The van der Waals surface area contributed by atoms with Gasteiger partial charge in [-0.3, -0.25) is 4.57 Å². The Bertz CT molecular complexity index is 872. The predicted octanol–water partition coefficient (Wildman–Crippen LogP) is 5.59. The smallest absolute Gasteiger partial charge is 0.192 e. The molecule has 0 bridgehead atoms. The van der Waals surface area contributed by atoms with Crippen LogP contribution in [0, 0.1) is 0 Å². The van der Waals surface area contributed by atoms with Gasteiger partial charge in [-0.15, -0.1) is 16.8 Å². The lowest BCUT2D eigenvalue weighted by molar-refractivity contribution is 0.732. The van der Waals surface area contributed by atoms with E-state index in [1.165, 1.54) is 5.56 Å². The van der Waals surface area contributed by atoms with Crippen molar-refractivity contribution >= 4 is 29.4 Å². The molecule has 1 heterocycles. The van der Waals surface area contributed by atoms with Crippen LogP contribution in [0.1, 0.15) is 5.56 Å². The second-order valence-electron chi connectivity index (χ2n) is 5.31. The molecule has 0 aliphatic rings. The van der Waals surface area contributed by atoms with Gasteiger partial charge in [-0.05, 0) is 17.7 Å². The maximum atomic E-state index is 6.31. The third-order valence-corrected chi connectivity index (χ3v) is 4.81. The largest absolute Gasteiger partial charge is 0.298 e. The molecule has 5 heteroatoms. The highest BCUT2D eigenvalue weighted by atomic mass is 35.5. The summed E-state index contributed by atoms with van der Waals surface area (Å²) in [5.74, 6) is 1.58. The van der Waals surface area contributed by atoms with Crippen LogP contribution in [0.15, 0.2) is 78.5 Å². The van der Waals surface area contributed by atoms with Gasteiger partial charge < -0.3 is 0 Å². The van der Waals surface area contributed by atoms with Crippen molar-refractivity contribution < 1.29 is 0 Å². The summed E-state index contributed by atoms with van der Waals surface area (Å²) in [6.45, 7) is 4.47. The van der Waals surface area contributed by atoms with Gasteiger partial charge in [0.15, 0.2) is 11.0 Å².